The molecular formula is C24H26F3N7O. The van der Waals surface area contributed by atoms with E-state index in [1.54, 1.807) is 36.0 Å². The van der Waals surface area contributed by atoms with E-state index in [0.29, 0.717) is 40.3 Å². The molecule has 3 heterocycles. The van der Waals surface area contributed by atoms with E-state index in [4.69, 9.17) is 10.6 Å². The van der Waals surface area contributed by atoms with Crippen LogP contribution >= 0.6 is 0 Å². The Morgan fingerprint density at radius 1 is 1.11 bits per heavy atom. The lowest BCUT2D eigenvalue weighted by molar-refractivity contribution is -0.157. The van der Waals surface area contributed by atoms with Gasteiger partial charge in [0.1, 0.15) is 23.8 Å². The topological polar surface area (TPSA) is 94.4 Å². The molecule has 1 aliphatic rings. The van der Waals surface area contributed by atoms with Crippen LogP contribution in [0.1, 0.15) is 54.2 Å². The summed E-state index contributed by atoms with van der Waals surface area (Å²) in [7, 11) is 0. The number of aryl methyl sites for hydroxylation is 2. The molecule has 0 fully saturated rings. The average Bonchev–Trinajstić information content (AvgIpc) is 3.25. The number of aromatic nitrogens is 4. The van der Waals surface area contributed by atoms with E-state index >= 15 is 0 Å². The molecule has 2 N–H and O–H groups in total. The second kappa shape index (κ2) is 10.4. The summed E-state index contributed by atoms with van der Waals surface area (Å²) in [6.45, 7) is 6.40. The minimum atomic E-state index is -2.74. The molecule has 1 aromatic carbocycles. The Morgan fingerprint density at radius 2 is 1.86 bits per heavy atom. The lowest BCUT2D eigenvalue weighted by Crippen LogP contribution is -2.40. The first-order valence-electron chi connectivity index (χ1n) is 11.2. The molecule has 184 valence electrons. The fourth-order valence-electron chi connectivity index (χ4n) is 3.90. The van der Waals surface area contributed by atoms with E-state index in [1.165, 1.54) is 23.3 Å². The normalized spacial score (nSPS) is 16.0. The van der Waals surface area contributed by atoms with Gasteiger partial charge in [0.05, 0.1) is 11.4 Å². The highest BCUT2D eigenvalue weighted by Gasteiger charge is 2.26. The van der Waals surface area contributed by atoms with Gasteiger partial charge in [0.2, 0.25) is 0 Å². The van der Waals surface area contributed by atoms with Crippen LogP contribution in [0.15, 0.2) is 47.6 Å². The monoisotopic (exact) mass is 485 g/mol. The number of nitrogens with zero attached hydrogens (tertiary/aromatic N) is 6. The number of aliphatic imine (C=N–C) groups is 1. The number of allylic oxidation sites excluding steroid dienone is 1. The van der Waals surface area contributed by atoms with Gasteiger partial charge in [0.15, 0.2) is 6.29 Å². The highest BCUT2D eigenvalue weighted by Crippen LogP contribution is 2.29. The van der Waals surface area contributed by atoms with Gasteiger partial charge in [0.25, 0.3) is 6.43 Å². The molecule has 11 heteroatoms. The number of hydrogen-bond acceptors (Lipinski definition) is 7. The molecule has 8 nitrogen and oxygen atoms in total. The number of pyridine rings is 1. The van der Waals surface area contributed by atoms with Crippen molar-refractivity contribution < 1.29 is 18.0 Å². The number of hydroxylamine groups is 2. The van der Waals surface area contributed by atoms with Crippen molar-refractivity contribution in [2.45, 2.75) is 53.1 Å². The zero-order valence-electron chi connectivity index (χ0n) is 19.6. The van der Waals surface area contributed by atoms with E-state index in [0.717, 1.165) is 12.1 Å². The van der Waals surface area contributed by atoms with Crippen molar-refractivity contribution in [1.82, 2.24) is 25.0 Å². The molecule has 0 bridgehead atoms. The maximum absolute atomic E-state index is 13.5. The summed E-state index contributed by atoms with van der Waals surface area (Å²) >= 11 is 0. The van der Waals surface area contributed by atoms with Gasteiger partial charge in [-0.3, -0.25) is 15.6 Å². The number of rotatable bonds is 8. The first-order valence-corrected chi connectivity index (χ1v) is 11.2. The molecule has 0 amide bonds. The zero-order chi connectivity index (χ0) is 25.1. The Hall–Kier alpha value is -3.57. The summed E-state index contributed by atoms with van der Waals surface area (Å²) in [5.41, 5.74) is 9.91. The summed E-state index contributed by atoms with van der Waals surface area (Å²) in [6.07, 6.45) is -1.34. The van der Waals surface area contributed by atoms with E-state index in [1.807, 2.05) is 13.8 Å². The highest BCUT2D eigenvalue weighted by molar-refractivity contribution is 6.32. The maximum atomic E-state index is 13.5. The van der Waals surface area contributed by atoms with Crippen molar-refractivity contribution in [3.8, 4) is 0 Å². The molecule has 2 aromatic heterocycles. The number of hydrogen-bond donors (Lipinski definition) is 1. The zero-order valence-corrected chi connectivity index (χ0v) is 19.6. The molecular weight excluding hydrogens is 459 g/mol. The largest absolute Gasteiger partial charge is 0.291 e. The Kier molecular flexibility index (Phi) is 7.27. The molecule has 0 spiro atoms. The van der Waals surface area contributed by atoms with Crippen molar-refractivity contribution >= 4 is 11.3 Å². The van der Waals surface area contributed by atoms with Crippen molar-refractivity contribution in [2.75, 3.05) is 0 Å². The first-order chi connectivity index (χ1) is 16.8. The van der Waals surface area contributed by atoms with Crippen LogP contribution in [-0.2, 0) is 24.4 Å². The van der Waals surface area contributed by atoms with Gasteiger partial charge >= 0.3 is 0 Å². The Balaban J connectivity index is 1.72. The predicted octanol–water partition coefficient (Wildman–Crippen LogP) is 4.16. The number of halogens is 3. The molecule has 0 radical (unpaired) electrons. The van der Waals surface area contributed by atoms with Gasteiger partial charge in [-0.1, -0.05) is 12.1 Å². The van der Waals surface area contributed by atoms with Crippen LogP contribution in [0, 0.1) is 12.7 Å². The second-order valence-electron chi connectivity index (χ2n) is 7.95. The fourth-order valence-corrected chi connectivity index (χ4v) is 3.90. The van der Waals surface area contributed by atoms with Crippen molar-refractivity contribution in [1.29, 1.82) is 0 Å². The lowest BCUT2D eigenvalue weighted by Gasteiger charge is -2.30. The van der Waals surface area contributed by atoms with Crippen molar-refractivity contribution in [3.63, 3.8) is 0 Å². The summed E-state index contributed by atoms with van der Waals surface area (Å²) < 4.78 is 42.3. The lowest BCUT2D eigenvalue weighted by atomic mass is 9.95. The fraction of sp³-hybridized carbons (Fsp3) is 0.333. The third-order valence-electron chi connectivity index (χ3n) is 5.56. The molecule has 1 unspecified atom stereocenters. The van der Waals surface area contributed by atoms with E-state index in [2.05, 4.69) is 20.3 Å². The van der Waals surface area contributed by atoms with Crippen LogP contribution in [0.3, 0.4) is 0 Å². The van der Waals surface area contributed by atoms with Crippen molar-refractivity contribution in [2.24, 2.45) is 10.7 Å². The Bertz CT molecular complexity index is 1250. The van der Waals surface area contributed by atoms with E-state index in [9.17, 15) is 13.2 Å². The van der Waals surface area contributed by atoms with Crippen LogP contribution in [0.5, 0.6) is 0 Å². The quantitative estimate of drug-likeness (QED) is 0.515. The maximum Gasteiger partial charge on any atom is 0.280 e. The molecule has 3 aromatic rings. The average molecular weight is 486 g/mol. The molecule has 35 heavy (non-hydrogen) atoms. The third kappa shape index (κ3) is 5.25. The van der Waals surface area contributed by atoms with E-state index in [-0.39, 0.29) is 12.3 Å². The Labute approximate surface area is 200 Å². The minimum Gasteiger partial charge on any atom is -0.291 e. The minimum absolute atomic E-state index is 0.0969. The molecule has 4 rings (SSSR count). The summed E-state index contributed by atoms with van der Waals surface area (Å²) in [5.74, 6) is -0.406. The third-order valence-corrected chi connectivity index (χ3v) is 5.56. The number of benzene rings is 1. The standard InChI is InChI=1S/C24H26F3N7O/c1-4-21-20(31-32-33(21)5-2)13-35-34-12-18(16-10-14(3)29-19(11-16)23(26)27)22(30-24(34)28)15-6-8-17(25)9-7-15/h6-12,23-24H,4-5,13,28H2,1-3H3. The van der Waals surface area contributed by atoms with Gasteiger partial charge in [-0.15, -0.1) is 5.10 Å². The number of nitrogens with two attached hydrogens (primary N) is 1. The molecule has 0 saturated heterocycles. The predicted molar refractivity (Wildman–Crippen MR) is 125 cm³/mol. The van der Waals surface area contributed by atoms with E-state index < -0.39 is 18.5 Å². The number of alkyl halides is 2. The van der Waals surface area contributed by atoms with Crippen LogP contribution in [0.4, 0.5) is 13.2 Å². The summed E-state index contributed by atoms with van der Waals surface area (Å²) in [6, 6.07) is 8.70. The molecule has 0 aliphatic carbocycles. The van der Waals surface area contributed by atoms with Gasteiger partial charge in [-0.05, 0) is 62.2 Å². The summed E-state index contributed by atoms with van der Waals surface area (Å²) in [4.78, 5) is 14.4. The van der Waals surface area contributed by atoms with Crippen LogP contribution in [-0.4, -0.2) is 37.0 Å². The molecule has 1 aliphatic heterocycles. The van der Waals surface area contributed by atoms with Gasteiger partial charge in [0, 0.05) is 29.6 Å². The highest BCUT2D eigenvalue weighted by atomic mass is 19.3. The van der Waals surface area contributed by atoms with Gasteiger partial charge in [-0.25, -0.2) is 27.9 Å². The second-order valence-corrected chi connectivity index (χ2v) is 7.95. The molecule has 0 saturated carbocycles. The van der Waals surface area contributed by atoms with Gasteiger partial charge < -0.3 is 0 Å². The summed E-state index contributed by atoms with van der Waals surface area (Å²) in [5, 5.41) is 9.68. The first kappa shape index (κ1) is 24.6. The van der Waals surface area contributed by atoms with Crippen LogP contribution < -0.4 is 5.73 Å². The van der Waals surface area contributed by atoms with Gasteiger partial charge in [-0.2, -0.15) is 0 Å². The smallest absolute Gasteiger partial charge is 0.280 e. The SMILES string of the molecule is CCc1c(CON2C=C(c3cc(C)nc(C(F)F)c3)C(c3ccc(F)cc3)=NC2N)nnn1CC. The Morgan fingerprint density at radius 3 is 2.51 bits per heavy atom. The van der Waals surface area contributed by atoms with Crippen LogP contribution in [0.2, 0.25) is 0 Å². The van der Waals surface area contributed by atoms with Crippen LogP contribution in [0.25, 0.3) is 5.57 Å². The van der Waals surface area contributed by atoms with Crippen molar-refractivity contribution in [3.05, 3.63) is 82.3 Å². The molecule has 1 atom stereocenters.